The first-order valence-electron chi connectivity index (χ1n) is 7.46. The SMILES string of the molecule is CCC1CN2CCCC2CN1c1cccc(C)c1Br. The molecule has 0 saturated carbocycles. The fourth-order valence-corrected chi connectivity index (χ4v) is 4.08. The Bertz CT molecular complexity index is 460. The molecule has 2 aliphatic heterocycles. The van der Waals surface area contributed by atoms with Crippen LogP contribution in [0.5, 0.6) is 0 Å². The Labute approximate surface area is 124 Å². The molecule has 0 N–H and O–H groups in total. The summed E-state index contributed by atoms with van der Waals surface area (Å²) in [6.07, 6.45) is 3.98. The fraction of sp³-hybridized carbons (Fsp3) is 0.625. The molecular formula is C16H23BrN2. The van der Waals surface area contributed by atoms with E-state index in [1.807, 2.05) is 0 Å². The molecule has 0 aromatic heterocycles. The van der Waals surface area contributed by atoms with Crippen molar-refractivity contribution in [3.8, 4) is 0 Å². The van der Waals surface area contributed by atoms with Crippen molar-refractivity contribution >= 4 is 21.6 Å². The summed E-state index contributed by atoms with van der Waals surface area (Å²) in [4.78, 5) is 5.35. The first kappa shape index (κ1) is 13.4. The summed E-state index contributed by atoms with van der Waals surface area (Å²) < 4.78 is 1.28. The van der Waals surface area contributed by atoms with Crippen molar-refractivity contribution in [3.05, 3.63) is 28.2 Å². The molecule has 1 aromatic rings. The molecule has 0 amide bonds. The lowest BCUT2D eigenvalue weighted by Gasteiger charge is -2.45. The number of rotatable bonds is 2. The lowest BCUT2D eigenvalue weighted by atomic mass is 10.0. The Morgan fingerprint density at radius 3 is 2.95 bits per heavy atom. The van der Waals surface area contributed by atoms with Crippen molar-refractivity contribution in [1.82, 2.24) is 4.90 Å². The third-order valence-corrected chi connectivity index (χ3v) is 5.78. The van der Waals surface area contributed by atoms with E-state index in [1.54, 1.807) is 0 Å². The van der Waals surface area contributed by atoms with Crippen molar-refractivity contribution < 1.29 is 0 Å². The molecule has 3 rings (SSSR count). The maximum absolute atomic E-state index is 3.79. The molecule has 0 radical (unpaired) electrons. The maximum atomic E-state index is 3.79. The quantitative estimate of drug-likeness (QED) is 0.816. The van der Waals surface area contributed by atoms with Crippen molar-refractivity contribution in [1.29, 1.82) is 0 Å². The summed E-state index contributed by atoms with van der Waals surface area (Å²) in [6, 6.07) is 8.07. The predicted molar refractivity (Wildman–Crippen MR) is 84.9 cm³/mol. The Kier molecular flexibility index (Phi) is 3.86. The van der Waals surface area contributed by atoms with Crippen molar-refractivity contribution in [2.24, 2.45) is 0 Å². The van der Waals surface area contributed by atoms with Gasteiger partial charge >= 0.3 is 0 Å². The Morgan fingerprint density at radius 1 is 1.32 bits per heavy atom. The largest absolute Gasteiger partial charge is 0.365 e. The molecule has 19 heavy (non-hydrogen) atoms. The molecular weight excluding hydrogens is 300 g/mol. The normalized spacial score (nSPS) is 27.6. The molecule has 0 aliphatic carbocycles. The first-order chi connectivity index (χ1) is 9.20. The minimum absolute atomic E-state index is 0.660. The zero-order chi connectivity index (χ0) is 13.4. The number of piperazine rings is 1. The molecule has 2 saturated heterocycles. The van der Waals surface area contributed by atoms with Crippen LogP contribution >= 0.6 is 15.9 Å². The van der Waals surface area contributed by atoms with Gasteiger partial charge in [-0.3, -0.25) is 4.90 Å². The zero-order valence-corrected chi connectivity index (χ0v) is 13.5. The lowest BCUT2D eigenvalue weighted by Crippen LogP contribution is -2.56. The highest BCUT2D eigenvalue weighted by Gasteiger charge is 2.36. The van der Waals surface area contributed by atoms with Crippen LogP contribution < -0.4 is 4.90 Å². The van der Waals surface area contributed by atoms with Gasteiger partial charge in [-0.1, -0.05) is 19.1 Å². The van der Waals surface area contributed by atoms with Gasteiger partial charge < -0.3 is 4.90 Å². The van der Waals surface area contributed by atoms with Crippen LogP contribution in [0.2, 0.25) is 0 Å². The number of anilines is 1. The smallest absolute Gasteiger partial charge is 0.0516 e. The van der Waals surface area contributed by atoms with Gasteiger partial charge in [-0.05, 0) is 60.3 Å². The van der Waals surface area contributed by atoms with E-state index in [0.29, 0.717) is 6.04 Å². The molecule has 2 aliphatic rings. The summed E-state index contributed by atoms with van der Waals surface area (Å²) in [7, 11) is 0. The van der Waals surface area contributed by atoms with E-state index < -0.39 is 0 Å². The van der Waals surface area contributed by atoms with Gasteiger partial charge in [0.15, 0.2) is 0 Å². The fourth-order valence-electron chi connectivity index (χ4n) is 3.59. The average molecular weight is 323 g/mol. The average Bonchev–Trinajstić information content (AvgIpc) is 2.87. The topological polar surface area (TPSA) is 6.48 Å². The minimum atomic E-state index is 0.660. The number of halogens is 1. The Balaban J connectivity index is 1.91. The molecule has 2 unspecified atom stereocenters. The molecule has 0 spiro atoms. The number of aryl methyl sites for hydroxylation is 1. The van der Waals surface area contributed by atoms with Gasteiger partial charge in [0.2, 0.25) is 0 Å². The standard InChI is InChI=1S/C16H23BrN2/c1-3-13-10-18-9-5-7-14(18)11-19(13)15-8-4-6-12(2)16(15)17/h4,6,8,13-14H,3,5,7,9-11H2,1-2H3. The van der Waals surface area contributed by atoms with Crippen molar-refractivity contribution in [3.63, 3.8) is 0 Å². The van der Waals surface area contributed by atoms with Gasteiger partial charge in [0.25, 0.3) is 0 Å². The van der Waals surface area contributed by atoms with E-state index in [2.05, 4.69) is 57.8 Å². The number of fused-ring (bicyclic) bond motifs is 1. The first-order valence-corrected chi connectivity index (χ1v) is 8.25. The summed E-state index contributed by atoms with van der Waals surface area (Å²) in [6.45, 7) is 8.24. The van der Waals surface area contributed by atoms with Crippen LogP contribution in [0.4, 0.5) is 5.69 Å². The molecule has 2 heterocycles. The minimum Gasteiger partial charge on any atom is -0.365 e. The van der Waals surface area contributed by atoms with Crippen molar-refractivity contribution in [2.75, 3.05) is 24.5 Å². The second kappa shape index (κ2) is 5.45. The molecule has 104 valence electrons. The van der Waals surface area contributed by atoms with E-state index in [1.165, 1.54) is 54.6 Å². The molecule has 0 bridgehead atoms. The van der Waals surface area contributed by atoms with Gasteiger partial charge in [0.05, 0.1) is 5.69 Å². The number of nitrogens with zero attached hydrogens (tertiary/aromatic N) is 2. The second-order valence-electron chi connectivity index (χ2n) is 5.91. The maximum Gasteiger partial charge on any atom is 0.0516 e. The summed E-state index contributed by atoms with van der Waals surface area (Å²) >= 11 is 3.79. The highest BCUT2D eigenvalue weighted by atomic mass is 79.9. The van der Waals surface area contributed by atoms with E-state index in [4.69, 9.17) is 0 Å². The molecule has 2 nitrogen and oxygen atoms in total. The van der Waals surface area contributed by atoms with E-state index >= 15 is 0 Å². The van der Waals surface area contributed by atoms with Crippen LogP contribution in [0.1, 0.15) is 31.7 Å². The number of hydrogen-bond donors (Lipinski definition) is 0. The molecule has 2 atom stereocenters. The van der Waals surface area contributed by atoms with Gasteiger partial charge in [-0.2, -0.15) is 0 Å². The van der Waals surface area contributed by atoms with E-state index in [9.17, 15) is 0 Å². The van der Waals surface area contributed by atoms with Crippen LogP contribution in [-0.4, -0.2) is 36.6 Å². The molecule has 2 fully saturated rings. The second-order valence-corrected chi connectivity index (χ2v) is 6.71. The van der Waals surface area contributed by atoms with Crippen LogP contribution in [0.15, 0.2) is 22.7 Å². The summed E-state index contributed by atoms with van der Waals surface area (Å²) in [5.41, 5.74) is 2.72. The highest BCUT2D eigenvalue weighted by molar-refractivity contribution is 9.10. The van der Waals surface area contributed by atoms with E-state index in [-0.39, 0.29) is 0 Å². The van der Waals surface area contributed by atoms with Crippen LogP contribution in [0.3, 0.4) is 0 Å². The van der Waals surface area contributed by atoms with Crippen LogP contribution in [-0.2, 0) is 0 Å². The monoisotopic (exact) mass is 322 g/mol. The van der Waals surface area contributed by atoms with E-state index in [0.717, 1.165) is 6.04 Å². The number of hydrogen-bond acceptors (Lipinski definition) is 2. The summed E-state index contributed by atoms with van der Waals surface area (Å²) in [5, 5.41) is 0. The van der Waals surface area contributed by atoms with Gasteiger partial charge in [0, 0.05) is 29.6 Å². The number of benzene rings is 1. The van der Waals surface area contributed by atoms with Crippen molar-refractivity contribution in [2.45, 2.75) is 45.2 Å². The molecule has 1 aromatic carbocycles. The van der Waals surface area contributed by atoms with Crippen LogP contribution in [0.25, 0.3) is 0 Å². The zero-order valence-electron chi connectivity index (χ0n) is 11.9. The van der Waals surface area contributed by atoms with Crippen LogP contribution in [0, 0.1) is 6.92 Å². The molecule has 3 heteroatoms. The lowest BCUT2D eigenvalue weighted by molar-refractivity contribution is 0.194. The third kappa shape index (κ3) is 2.43. The third-order valence-electron chi connectivity index (χ3n) is 4.74. The van der Waals surface area contributed by atoms with Gasteiger partial charge in [-0.15, -0.1) is 0 Å². The Morgan fingerprint density at radius 2 is 2.16 bits per heavy atom. The Hall–Kier alpha value is -0.540. The highest BCUT2D eigenvalue weighted by Crippen LogP contribution is 2.35. The van der Waals surface area contributed by atoms with Gasteiger partial charge in [0.1, 0.15) is 0 Å². The summed E-state index contributed by atoms with van der Waals surface area (Å²) in [5.74, 6) is 0. The van der Waals surface area contributed by atoms with Gasteiger partial charge in [-0.25, -0.2) is 0 Å². The predicted octanol–water partition coefficient (Wildman–Crippen LogP) is 3.82.